The van der Waals surface area contributed by atoms with Crippen molar-refractivity contribution in [3.05, 3.63) is 46.4 Å². The van der Waals surface area contributed by atoms with Gasteiger partial charge in [-0.05, 0) is 36.4 Å². The Morgan fingerprint density at radius 2 is 1.35 bits per heavy atom. The van der Waals surface area contributed by atoms with Crippen molar-refractivity contribution in [3.63, 3.8) is 0 Å². The van der Waals surface area contributed by atoms with Crippen LogP contribution in [0.2, 0.25) is 10.0 Å². The van der Waals surface area contributed by atoms with E-state index in [1.807, 2.05) is 6.07 Å². The van der Waals surface area contributed by atoms with Gasteiger partial charge >= 0.3 is 0 Å². The molecule has 0 bridgehead atoms. The Balaban J connectivity index is 1.30. The number of fused-ring (bicyclic) bond motifs is 2. The maximum absolute atomic E-state index is 10.7. The lowest BCUT2D eigenvalue weighted by Crippen LogP contribution is -2.13. The molecule has 0 aromatic heterocycles. The molecule has 0 amide bonds. The van der Waals surface area contributed by atoms with Gasteiger partial charge in [-0.2, -0.15) is 0 Å². The lowest BCUT2D eigenvalue weighted by molar-refractivity contribution is 0.00722. The average molecular weight is 467 g/mol. The number of epoxide rings is 1. The third-order valence-corrected chi connectivity index (χ3v) is 5.36. The van der Waals surface area contributed by atoms with Crippen molar-refractivity contribution in [2.75, 3.05) is 52.9 Å². The highest BCUT2D eigenvalue weighted by Gasteiger charge is 2.22. The fourth-order valence-corrected chi connectivity index (χ4v) is 3.63. The molecule has 6 nitrogen and oxygen atoms in total. The number of rotatable bonds is 12. The van der Waals surface area contributed by atoms with Crippen molar-refractivity contribution >= 4 is 44.7 Å². The predicted octanol–water partition coefficient (Wildman–Crippen LogP) is 4.83. The summed E-state index contributed by atoms with van der Waals surface area (Å²) in [6.07, 6.45) is 0.277. The standard InChI is InChI=1S/C23H24Cl2O6/c24-15-2-4-19-20(11-15)22(26)18-3-1-16(25)12-21(18)23(19)30-10-9-28-6-5-27-7-8-29-13-17-14-31-17/h1-4,11-12,17,26H,5-10,13-14H2. The van der Waals surface area contributed by atoms with E-state index in [1.54, 1.807) is 30.3 Å². The predicted molar refractivity (Wildman–Crippen MR) is 121 cm³/mol. The van der Waals surface area contributed by atoms with E-state index in [2.05, 4.69) is 0 Å². The van der Waals surface area contributed by atoms with E-state index >= 15 is 0 Å². The number of hydrogen-bond acceptors (Lipinski definition) is 6. The van der Waals surface area contributed by atoms with Gasteiger partial charge in [-0.15, -0.1) is 0 Å². The Kier molecular flexibility index (Phi) is 7.72. The molecule has 4 rings (SSSR count). The molecule has 0 spiro atoms. The van der Waals surface area contributed by atoms with Gasteiger partial charge in [0.15, 0.2) is 0 Å². The monoisotopic (exact) mass is 466 g/mol. The summed E-state index contributed by atoms with van der Waals surface area (Å²) in [5.74, 6) is 0.789. The second kappa shape index (κ2) is 10.7. The molecule has 8 heteroatoms. The van der Waals surface area contributed by atoms with E-state index in [0.29, 0.717) is 72.8 Å². The van der Waals surface area contributed by atoms with Crippen LogP contribution in [0.15, 0.2) is 36.4 Å². The molecule has 0 aliphatic carbocycles. The summed E-state index contributed by atoms with van der Waals surface area (Å²) in [5, 5.41) is 14.6. The van der Waals surface area contributed by atoms with Gasteiger partial charge in [-0.3, -0.25) is 0 Å². The van der Waals surface area contributed by atoms with Crippen LogP contribution in [0.4, 0.5) is 0 Å². The summed E-state index contributed by atoms with van der Waals surface area (Å²) >= 11 is 12.3. The molecular weight excluding hydrogens is 443 g/mol. The maximum atomic E-state index is 10.7. The molecule has 1 N–H and O–H groups in total. The molecule has 0 saturated carbocycles. The number of ether oxygens (including phenoxy) is 5. The minimum Gasteiger partial charge on any atom is -0.507 e. The number of hydrogen-bond donors (Lipinski definition) is 1. The molecule has 1 atom stereocenters. The van der Waals surface area contributed by atoms with Crippen molar-refractivity contribution in [2.45, 2.75) is 6.10 Å². The van der Waals surface area contributed by atoms with Gasteiger partial charge in [0.2, 0.25) is 0 Å². The number of phenolic OH excluding ortho intramolecular Hbond substituents is 1. The molecule has 3 aromatic rings. The van der Waals surface area contributed by atoms with Crippen LogP contribution < -0.4 is 4.74 Å². The second-order valence-corrected chi connectivity index (χ2v) is 8.03. The van der Waals surface area contributed by atoms with Gasteiger partial charge in [0.1, 0.15) is 24.2 Å². The van der Waals surface area contributed by atoms with Gasteiger partial charge in [-0.25, -0.2) is 0 Å². The van der Waals surface area contributed by atoms with Crippen LogP contribution in [-0.2, 0) is 18.9 Å². The lowest BCUT2D eigenvalue weighted by atomic mass is 10.0. The van der Waals surface area contributed by atoms with Crippen molar-refractivity contribution in [2.24, 2.45) is 0 Å². The molecule has 1 aliphatic rings. The number of halogens is 2. The molecule has 31 heavy (non-hydrogen) atoms. The molecule has 1 fully saturated rings. The molecule has 1 saturated heterocycles. The molecule has 1 unspecified atom stereocenters. The van der Waals surface area contributed by atoms with Crippen LogP contribution in [-0.4, -0.2) is 64.1 Å². The minimum absolute atomic E-state index is 0.151. The highest BCUT2D eigenvalue weighted by molar-refractivity contribution is 6.32. The summed E-state index contributed by atoms with van der Waals surface area (Å²) in [7, 11) is 0. The Morgan fingerprint density at radius 1 is 0.774 bits per heavy atom. The maximum Gasteiger partial charge on any atom is 0.135 e. The van der Waals surface area contributed by atoms with E-state index in [9.17, 15) is 5.11 Å². The Morgan fingerprint density at radius 3 is 2.03 bits per heavy atom. The largest absolute Gasteiger partial charge is 0.507 e. The Hall–Kier alpha value is -1.80. The molecule has 0 radical (unpaired) electrons. The van der Waals surface area contributed by atoms with Gasteiger partial charge < -0.3 is 28.8 Å². The highest BCUT2D eigenvalue weighted by atomic mass is 35.5. The van der Waals surface area contributed by atoms with Crippen molar-refractivity contribution in [3.8, 4) is 11.5 Å². The van der Waals surface area contributed by atoms with Crippen molar-refractivity contribution in [1.82, 2.24) is 0 Å². The number of phenols is 1. The molecule has 1 heterocycles. The lowest BCUT2D eigenvalue weighted by Gasteiger charge is -2.15. The third-order valence-electron chi connectivity index (χ3n) is 4.89. The van der Waals surface area contributed by atoms with Gasteiger partial charge in [-0.1, -0.05) is 23.2 Å². The van der Waals surface area contributed by atoms with Crippen LogP contribution in [0, 0.1) is 0 Å². The van der Waals surface area contributed by atoms with E-state index in [0.717, 1.165) is 17.4 Å². The smallest absolute Gasteiger partial charge is 0.135 e. The summed E-state index contributed by atoms with van der Waals surface area (Å²) in [4.78, 5) is 0. The zero-order valence-corrected chi connectivity index (χ0v) is 18.5. The summed E-state index contributed by atoms with van der Waals surface area (Å²) in [6, 6.07) is 10.6. The van der Waals surface area contributed by atoms with Crippen molar-refractivity contribution in [1.29, 1.82) is 0 Å². The summed E-state index contributed by atoms with van der Waals surface area (Å²) in [5.41, 5.74) is 0. The third kappa shape index (κ3) is 5.92. The molecule has 1 aliphatic heterocycles. The first-order valence-corrected chi connectivity index (χ1v) is 10.9. The topological polar surface area (TPSA) is 69.7 Å². The van der Waals surface area contributed by atoms with Crippen molar-refractivity contribution < 1.29 is 28.8 Å². The van der Waals surface area contributed by atoms with Crippen LogP contribution in [0.3, 0.4) is 0 Å². The molecule has 166 valence electrons. The molecule has 3 aromatic carbocycles. The quantitative estimate of drug-likeness (QED) is 0.234. The first-order chi connectivity index (χ1) is 15.1. The normalized spacial score (nSPS) is 15.6. The van der Waals surface area contributed by atoms with Gasteiger partial charge in [0.25, 0.3) is 0 Å². The highest BCUT2D eigenvalue weighted by Crippen LogP contribution is 2.43. The van der Waals surface area contributed by atoms with Gasteiger partial charge in [0.05, 0.1) is 46.2 Å². The average Bonchev–Trinajstić information content (AvgIpc) is 3.58. The fraction of sp³-hybridized carbons (Fsp3) is 0.391. The van der Waals surface area contributed by atoms with E-state index in [4.69, 9.17) is 46.9 Å². The fourth-order valence-electron chi connectivity index (χ4n) is 3.29. The van der Waals surface area contributed by atoms with E-state index in [-0.39, 0.29) is 11.9 Å². The summed E-state index contributed by atoms with van der Waals surface area (Å²) in [6.45, 7) is 4.21. The summed E-state index contributed by atoms with van der Waals surface area (Å²) < 4.78 is 27.6. The van der Waals surface area contributed by atoms with Crippen LogP contribution in [0.1, 0.15) is 0 Å². The first-order valence-electron chi connectivity index (χ1n) is 10.1. The van der Waals surface area contributed by atoms with E-state index in [1.165, 1.54) is 0 Å². The zero-order chi connectivity index (χ0) is 21.6. The SMILES string of the molecule is Oc1c2cc(Cl)ccc2c(OCCOCCOCCOCC2CO2)c2cc(Cl)ccc12. The molecular formula is C23H24Cl2O6. The van der Waals surface area contributed by atoms with Crippen LogP contribution >= 0.6 is 23.2 Å². The Bertz CT molecular complexity index is 1040. The van der Waals surface area contributed by atoms with Crippen LogP contribution in [0.5, 0.6) is 11.5 Å². The van der Waals surface area contributed by atoms with E-state index < -0.39 is 0 Å². The van der Waals surface area contributed by atoms with Crippen LogP contribution in [0.25, 0.3) is 21.5 Å². The van der Waals surface area contributed by atoms with Gasteiger partial charge in [0, 0.05) is 31.6 Å². The number of aromatic hydroxyl groups is 1. The zero-order valence-electron chi connectivity index (χ0n) is 16.9. The second-order valence-electron chi connectivity index (χ2n) is 7.16. The number of benzene rings is 3. The Labute approximate surface area is 190 Å². The minimum atomic E-state index is 0.151. The first kappa shape index (κ1) is 22.4.